The number of halogens is 1. The molecule has 0 aliphatic carbocycles. The molecule has 0 fully saturated rings. The summed E-state index contributed by atoms with van der Waals surface area (Å²) in [6.07, 6.45) is 1.07. The van der Waals surface area contributed by atoms with E-state index in [0.717, 1.165) is 11.1 Å². The van der Waals surface area contributed by atoms with Crippen LogP contribution in [0, 0.1) is 5.82 Å². The summed E-state index contributed by atoms with van der Waals surface area (Å²) in [6.45, 7) is 8.58. The Morgan fingerprint density at radius 2 is 1.73 bits per heavy atom. The van der Waals surface area contributed by atoms with E-state index in [4.69, 9.17) is 14.6 Å². The number of carboxylic acid groups (broad SMARTS) is 1. The lowest BCUT2D eigenvalue weighted by Gasteiger charge is -2.23. The van der Waals surface area contributed by atoms with Crippen molar-refractivity contribution in [2.75, 3.05) is 13.2 Å². The average molecular weight is 459 g/mol. The molecule has 0 heterocycles. The molecule has 2 aromatic rings. The van der Waals surface area contributed by atoms with Gasteiger partial charge in [0, 0.05) is 12.0 Å². The molecule has 0 aliphatic heterocycles. The van der Waals surface area contributed by atoms with Crippen molar-refractivity contribution in [2.45, 2.75) is 52.6 Å². The molecule has 0 bridgehead atoms. The lowest BCUT2D eigenvalue weighted by Crippen LogP contribution is -2.14. The summed E-state index contributed by atoms with van der Waals surface area (Å²) in [5.74, 6) is -1.02. The first-order valence-electron chi connectivity index (χ1n) is 11.0. The molecule has 2 N–H and O–H groups in total. The third-order valence-corrected chi connectivity index (χ3v) is 4.93. The predicted octanol–water partition coefficient (Wildman–Crippen LogP) is 5.22. The summed E-state index contributed by atoms with van der Waals surface area (Å²) in [5, 5.41) is 19.1. The monoisotopic (exact) mass is 458 g/mol. The van der Waals surface area contributed by atoms with E-state index >= 15 is 0 Å². The molecule has 7 heteroatoms. The van der Waals surface area contributed by atoms with Crippen molar-refractivity contribution >= 4 is 17.8 Å². The molecule has 2 aromatic carbocycles. The molecular weight excluding hydrogens is 427 g/mol. The van der Waals surface area contributed by atoms with Crippen LogP contribution in [0.3, 0.4) is 0 Å². The van der Waals surface area contributed by atoms with Crippen LogP contribution in [0.15, 0.2) is 36.4 Å². The number of carbonyl (C=O) groups excluding carboxylic acids is 1. The number of Topliss-reactive ketones (excluding diaryl/α,β-unsaturated/α-hetero) is 1. The van der Waals surface area contributed by atoms with Gasteiger partial charge in [0.1, 0.15) is 18.0 Å². The number of benzene rings is 2. The summed E-state index contributed by atoms with van der Waals surface area (Å²) in [4.78, 5) is 22.5. The quantitative estimate of drug-likeness (QED) is 0.424. The molecule has 33 heavy (non-hydrogen) atoms. The zero-order chi connectivity index (χ0) is 24.5. The maximum absolute atomic E-state index is 13.6. The van der Waals surface area contributed by atoms with Crippen molar-refractivity contribution in [3.05, 3.63) is 53.4 Å². The van der Waals surface area contributed by atoms with Crippen LogP contribution in [0.2, 0.25) is 0 Å². The first-order valence-corrected chi connectivity index (χ1v) is 11.0. The van der Waals surface area contributed by atoms with E-state index in [1.54, 1.807) is 18.2 Å². The lowest BCUT2D eigenvalue weighted by atomic mass is 9.88. The fourth-order valence-electron chi connectivity index (χ4n) is 3.53. The van der Waals surface area contributed by atoms with Gasteiger partial charge in [-0.15, -0.1) is 0 Å². The summed E-state index contributed by atoms with van der Waals surface area (Å²) in [6, 6.07) is 7.92. The van der Waals surface area contributed by atoms with E-state index in [2.05, 4.69) is 0 Å². The van der Waals surface area contributed by atoms with Crippen LogP contribution in [0.5, 0.6) is 11.5 Å². The minimum Gasteiger partial charge on any atom is -0.490 e. The topological polar surface area (TPSA) is 93.1 Å². The summed E-state index contributed by atoms with van der Waals surface area (Å²) < 4.78 is 25.5. The first-order chi connectivity index (χ1) is 15.7. The molecule has 1 unspecified atom stereocenters. The molecule has 0 aromatic heterocycles. The molecule has 2 rings (SSSR count). The number of aliphatic hydroxyl groups is 1. The second-order valence-corrected chi connectivity index (χ2v) is 7.85. The zero-order valence-electron chi connectivity index (χ0n) is 19.4. The van der Waals surface area contributed by atoms with Crippen molar-refractivity contribution < 1.29 is 33.7 Å². The van der Waals surface area contributed by atoms with Crippen molar-refractivity contribution in [1.82, 2.24) is 0 Å². The number of ketones is 1. The van der Waals surface area contributed by atoms with Crippen LogP contribution >= 0.6 is 0 Å². The molecule has 0 saturated carbocycles. The minimum absolute atomic E-state index is 0.0736. The van der Waals surface area contributed by atoms with E-state index < -0.39 is 24.3 Å². The second-order valence-electron chi connectivity index (χ2n) is 7.85. The van der Waals surface area contributed by atoms with Gasteiger partial charge < -0.3 is 19.7 Å². The minimum atomic E-state index is -1.23. The highest BCUT2D eigenvalue weighted by Crippen LogP contribution is 2.45. The Balaban J connectivity index is 2.67. The van der Waals surface area contributed by atoms with Crippen molar-refractivity contribution in [2.24, 2.45) is 0 Å². The van der Waals surface area contributed by atoms with Crippen LogP contribution in [-0.4, -0.2) is 41.3 Å². The largest absolute Gasteiger partial charge is 0.490 e. The molecule has 0 radical (unpaired) electrons. The zero-order valence-corrected chi connectivity index (χ0v) is 19.4. The Labute approximate surface area is 193 Å². The van der Waals surface area contributed by atoms with Gasteiger partial charge in [0.25, 0.3) is 0 Å². The van der Waals surface area contributed by atoms with Gasteiger partial charge in [0.15, 0.2) is 11.5 Å². The normalized spacial score (nSPS) is 12.2. The number of aliphatic hydroxyl groups excluding tert-OH is 1. The van der Waals surface area contributed by atoms with Crippen LogP contribution < -0.4 is 9.47 Å². The highest BCUT2D eigenvalue weighted by atomic mass is 19.1. The molecule has 0 saturated heterocycles. The van der Waals surface area contributed by atoms with E-state index in [-0.39, 0.29) is 18.2 Å². The molecular formula is C26H31FO6. The smallest absolute Gasteiger partial charge is 0.310 e. The predicted molar refractivity (Wildman–Crippen MR) is 125 cm³/mol. The molecule has 0 spiro atoms. The number of hydrogen-bond donors (Lipinski definition) is 2. The lowest BCUT2D eigenvalue weighted by molar-refractivity contribution is -0.140. The van der Waals surface area contributed by atoms with E-state index in [9.17, 15) is 19.1 Å². The summed E-state index contributed by atoms with van der Waals surface area (Å²) in [5.41, 5.74) is 3.06. The Morgan fingerprint density at radius 3 is 2.27 bits per heavy atom. The van der Waals surface area contributed by atoms with E-state index in [1.165, 1.54) is 18.2 Å². The maximum Gasteiger partial charge on any atom is 0.310 e. The van der Waals surface area contributed by atoms with Crippen LogP contribution in [0.4, 0.5) is 4.39 Å². The Bertz CT molecular complexity index is 995. The molecule has 1 atom stereocenters. The number of carbonyl (C=O) groups is 2. The highest BCUT2D eigenvalue weighted by Gasteiger charge is 2.22. The highest BCUT2D eigenvalue weighted by molar-refractivity contribution is 5.95. The third kappa shape index (κ3) is 7.15. The number of aliphatic carboxylic acids is 1. The summed E-state index contributed by atoms with van der Waals surface area (Å²) in [7, 11) is 0. The SMILES string of the molecule is CCOc1cc(C(C)C)c(C=CC(O)CC(=O)CC(=O)O)c(-c2ccc(F)cc2)c1OCC. The van der Waals surface area contributed by atoms with Gasteiger partial charge in [-0.3, -0.25) is 9.59 Å². The first kappa shape index (κ1) is 26.1. The van der Waals surface area contributed by atoms with E-state index in [1.807, 2.05) is 33.8 Å². The second kappa shape index (κ2) is 12.2. The fraction of sp³-hybridized carbons (Fsp3) is 0.385. The molecule has 178 valence electrons. The van der Waals surface area contributed by atoms with Gasteiger partial charge in [-0.05, 0) is 54.7 Å². The van der Waals surface area contributed by atoms with Gasteiger partial charge in [-0.2, -0.15) is 0 Å². The van der Waals surface area contributed by atoms with Crippen LogP contribution in [0.25, 0.3) is 17.2 Å². The third-order valence-electron chi connectivity index (χ3n) is 4.93. The summed E-state index contributed by atoms with van der Waals surface area (Å²) >= 11 is 0. The number of ether oxygens (including phenoxy) is 2. The molecule has 6 nitrogen and oxygen atoms in total. The fourth-order valence-corrected chi connectivity index (χ4v) is 3.53. The van der Waals surface area contributed by atoms with Crippen LogP contribution in [-0.2, 0) is 9.59 Å². The van der Waals surface area contributed by atoms with Crippen molar-refractivity contribution in [3.63, 3.8) is 0 Å². The van der Waals surface area contributed by atoms with Gasteiger partial charge >= 0.3 is 5.97 Å². The van der Waals surface area contributed by atoms with Crippen molar-refractivity contribution in [1.29, 1.82) is 0 Å². The van der Waals surface area contributed by atoms with Gasteiger partial charge in [-0.1, -0.05) is 38.1 Å². The number of hydrogen-bond acceptors (Lipinski definition) is 5. The van der Waals surface area contributed by atoms with E-state index in [0.29, 0.717) is 35.8 Å². The Kier molecular flexibility index (Phi) is 9.60. The van der Waals surface area contributed by atoms with Crippen LogP contribution in [0.1, 0.15) is 57.6 Å². The van der Waals surface area contributed by atoms with Gasteiger partial charge in [0.05, 0.1) is 19.3 Å². The average Bonchev–Trinajstić information content (AvgIpc) is 2.73. The van der Waals surface area contributed by atoms with Crippen molar-refractivity contribution in [3.8, 4) is 22.6 Å². The Hall–Kier alpha value is -3.19. The van der Waals surface area contributed by atoms with Gasteiger partial charge in [0.2, 0.25) is 0 Å². The Morgan fingerprint density at radius 1 is 1.09 bits per heavy atom. The number of rotatable bonds is 12. The van der Waals surface area contributed by atoms with Gasteiger partial charge in [-0.25, -0.2) is 4.39 Å². The number of carboxylic acids is 1. The molecule has 0 amide bonds. The standard InChI is InChI=1S/C26H31FO6/c1-5-32-23-15-22(16(3)4)21(12-11-19(28)13-20(29)14-24(30)31)25(26(23)33-6-2)17-7-9-18(27)10-8-17/h7-12,15-16,19,28H,5-6,13-14H2,1-4H3,(H,30,31). The maximum atomic E-state index is 13.6. The molecule has 0 aliphatic rings.